The first-order valence-corrected chi connectivity index (χ1v) is 12.6. The highest BCUT2D eigenvalue weighted by atomic mass is 16.1. The molecule has 1 aliphatic heterocycles. The topological polar surface area (TPSA) is 29.1 Å². The molecular formula is C34H31NO. The predicted molar refractivity (Wildman–Crippen MR) is 151 cm³/mol. The number of carbonyl (C=O) groups excluding carboxylic acids is 1. The van der Waals surface area contributed by atoms with Crippen molar-refractivity contribution in [1.29, 1.82) is 0 Å². The summed E-state index contributed by atoms with van der Waals surface area (Å²) in [5.41, 5.74) is 7.29. The standard InChI is InChI=1S/C28H24O.C6H7N/c1-19(17-20-7-3-2-4-8-20)28(29)23-12-11-22-14-15-25-24-10-6-5-9-21(24)13-16-26(25)27(22)18-23;1-2-4-6-7-5-3-1/h2-10,14-18,23H,11-13H2,1H3;1-7H. The molecule has 0 spiro atoms. The van der Waals surface area contributed by atoms with Gasteiger partial charge in [-0.15, -0.1) is 0 Å². The van der Waals surface area contributed by atoms with Crippen LogP contribution in [0.5, 0.6) is 0 Å². The minimum atomic E-state index is -0.0421. The first-order chi connectivity index (χ1) is 17.7. The second kappa shape index (κ2) is 11.0. The van der Waals surface area contributed by atoms with Gasteiger partial charge in [-0.05, 0) is 88.2 Å². The van der Waals surface area contributed by atoms with Crippen molar-refractivity contribution in [2.45, 2.75) is 26.2 Å². The summed E-state index contributed by atoms with van der Waals surface area (Å²) < 4.78 is 0. The van der Waals surface area contributed by atoms with Crippen LogP contribution < -0.4 is 15.8 Å². The van der Waals surface area contributed by atoms with Gasteiger partial charge in [-0.3, -0.25) is 4.79 Å². The Balaban J connectivity index is 0.000000330. The summed E-state index contributed by atoms with van der Waals surface area (Å²) in [6.07, 6.45) is 21.0. The van der Waals surface area contributed by atoms with Crippen molar-refractivity contribution >= 4 is 24.0 Å². The van der Waals surface area contributed by atoms with Crippen molar-refractivity contribution in [3.63, 3.8) is 0 Å². The molecule has 178 valence electrons. The predicted octanol–water partition coefficient (Wildman–Crippen LogP) is 5.88. The van der Waals surface area contributed by atoms with E-state index in [4.69, 9.17) is 0 Å². The molecule has 2 nitrogen and oxygen atoms in total. The molecule has 3 aromatic carbocycles. The average molecular weight is 470 g/mol. The zero-order chi connectivity index (χ0) is 24.7. The van der Waals surface area contributed by atoms with E-state index < -0.39 is 0 Å². The Morgan fingerprint density at radius 1 is 0.806 bits per heavy atom. The molecule has 1 atom stereocenters. The highest BCUT2D eigenvalue weighted by Crippen LogP contribution is 2.26. The lowest BCUT2D eigenvalue weighted by Crippen LogP contribution is -2.37. The Bertz CT molecular complexity index is 1490. The van der Waals surface area contributed by atoms with Gasteiger partial charge in [0, 0.05) is 18.3 Å². The Morgan fingerprint density at radius 3 is 2.36 bits per heavy atom. The molecule has 1 N–H and O–H groups in total. The van der Waals surface area contributed by atoms with Crippen LogP contribution in [-0.4, -0.2) is 5.78 Å². The first kappa shape index (κ1) is 23.6. The third-order valence-corrected chi connectivity index (χ3v) is 6.93. The summed E-state index contributed by atoms with van der Waals surface area (Å²) in [5, 5.41) is 5.50. The number of aryl methyl sites for hydroxylation is 1. The molecule has 3 aromatic rings. The van der Waals surface area contributed by atoms with E-state index in [1.165, 1.54) is 32.7 Å². The maximum atomic E-state index is 13.2. The number of Topliss-reactive ketones (excluding diaryl/α,β-unsaturated/α-hetero) is 1. The van der Waals surface area contributed by atoms with Gasteiger partial charge >= 0.3 is 0 Å². The van der Waals surface area contributed by atoms with E-state index in [1.54, 1.807) is 0 Å². The van der Waals surface area contributed by atoms with Gasteiger partial charge in [-0.2, -0.15) is 0 Å². The van der Waals surface area contributed by atoms with Crippen molar-refractivity contribution in [3.8, 4) is 11.1 Å². The van der Waals surface area contributed by atoms with Crippen molar-refractivity contribution in [2.24, 2.45) is 5.92 Å². The van der Waals surface area contributed by atoms with E-state index >= 15 is 0 Å². The fourth-order valence-corrected chi connectivity index (χ4v) is 5.10. The zero-order valence-corrected chi connectivity index (χ0v) is 20.7. The largest absolute Gasteiger partial charge is 0.368 e. The van der Waals surface area contributed by atoms with Crippen LogP contribution in [0, 0.1) is 5.92 Å². The fourth-order valence-electron chi connectivity index (χ4n) is 5.10. The van der Waals surface area contributed by atoms with Crippen molar-refractivity contribution in [3.05, 3.63) is 136 Å². The van der Waals surface area contributed by atoms with E-state index in [2.05, 4.69) is 53.9 Å². The molecule has 0 saturated heterocycles. The number of benzene rings is 3. The molecule has 36 heavy (non-hydrogen) atoms. The minimum absolute atomic E-state index is 0.0421. The monoisotopic (exact) mass is 469 g/mol. The molecule has 0 radical (unpaired) electrons. The van der Waals surface area contributed by atoms with Gasteiger partial charge in [0.2, 0.25) is 0 Å². The van der Waals surface area contributed by atoms with E-state index in [1.807, 2.05) is 80.0 Å². The van der Waals surface area contributed by atoms with Crippen molar-refractivity contribution in [2.75, 3.05) is 0 Å². The molecule has 3 aliphatic rings. The lowest BCUT2D eigenvalue weighted by molar-refractivity contribution is -0.117. The molecule has 0 bridgehead atoms. The molecule has 0 amide bonds. The van der Waals surface area contributed by atoms with Crippen molar-refractivity contribution in [1.82, 2.24) is 5.32 Å². The lowest BCUT2D eigenvalue weighted by Gasteiger charge is -2.21. The smallest absolute Gasteiger partial charge is 0.165 e. The van der Waals surface area contributed by atoms with Crippen LogP contribution in [0.15, 0.2) is 109 Å². The lowest BCUT2D eigenvalue weighted by atomic mass is 9.82. The summed E-state index contributed by atoms with van der Waals surface area (Å²) in [4.78, 5) is 13.2. The van der Waals surface area contributed by atoms with Crippen molar-refractivity contribution < 1.29 is 4.79 Å². The van der Waals surface area contributed by atoms with Crippen LogP contribution in [0.25, 0.3) is 29.4 Å². The molecule has 2 aliphatic carbocycles. The van der Waals surface area contributed by atoms with Crippen LogP contribution >= 0.6 is 0 Å². The highest BCUT2D eigenvalue weighted by Gasteiger charge is 2.22. The third kappa shape index (κ3) is 5.23. The number of ketones is 1. The number of nitrogens with one attached hydrogen (secondary N) is 1. The number of allylic oxidation sites excluding steroid dienone is 5. The first-order valence-electron chi connectivity index (χ1n) is 12.6. The number of fused-ring (bicyclic) bond motifs is 5. The van der Waals surface area contributed by atoms with E-state index in [0.29, 0.717) is 0 Å². The van der Waals surface area contributed by atoms with Gasteiger partial charge < -0.3 is 5.32 Å². The van der Waals surface area contributed by atoms with Gasteiger partial charge in [0.15, 0.2) is 5.78 Å². The maximum Gasteiger partial charge on any atom is 0.165 e. The number of hydrogen-bond acceptors (Lipinski definition) is 2. The molecule has 1 unspecified atom stereocenters. The average Bonchev–Trinajstić information content (AvgIpc) is 3.26. The molecule has 1 heterocycles. The summed E-state index contributed by atoms with van der Waals surface area (Å²) >= 11 is 0. The molecular weight excluding hydrogens is 438 g/mol. The molecule has 0 fully saturated rings. The van der Waals surface area contributed by atoms with Crippen LogP contribution in [-0.2, 0) is 17.6 Å². The summed E-state index contributed by atoms with van der Waals surface area (Å²) in [6, 6.07) is 23.3. The SMILES string of the molecule is C1=CC=CNC=C1.CC(=Cc1ccccc1)C(=O)C1C=c2c(ccc3c2=CCc2ccccc2-3)CC1. The van der Waals surface area contributed by atoms with E-state index in [0.717, 1.165) is 30.4 Å². The Labute approximate surface area is 213 Å². The summed E-state index contributed by atoms with van der Waals surface area (Å²) in [5.74, 6) is 0.202. The van der Waals surface area contributed by atoms with Crippen LogP contribution in [0.2, 0.25) is 0 Å². The quantitative estimate of drug-likeness (QED) is 0.486. The van der Waals surface area contributed by atoms with Gasteiger partial charge in [0.1, 0.15) is 0 Å². The fraction of sp³-hybridized carbons (Fsp3) is 0.147. The summed E-state index contributed by atoms with van der Waals surface area (Å²) in [6.45, 7) is 1.95. The minimum Gasteiger partial charge on any atom is -0.368 e. The Hall–Kier alpha value is -4.17. The zero-order valence-electron chi connectivity index (χ0n) is 20.7. The third-order valence-electron chi connectivity index (χ3n) is 6.93. The normalized spacial score (nSPS) is 17.0. The molecule has 2 heteroatoms. The van der Waals surface area contributed by atoms with Crippen LogP contribution in [0.1, 0.15) is 30.0 Å². The van der Waals surface area contributed by atoms with Crippen LogP contribution in [0.4, 0.5) is 0 Å². The van der Waals surface area contributed by atoms with Crippen LogP contribution in [0.3, 0.4) is 0 Å². The Morgan fingerprint density at radius 2 is 1.56 bits per heavy atom. The Kier molecular flexibility index (Phi) is 7.23. The number of rotatable bonds is 3. The number of carbonyl (C=O) groups is 1. The van der Waals surface area contributed by atoms with E-state index in [9.17, 15) is 4.79 Å². The van der Waals surface area contributed by atoms with Gasteiger partial charge in [-0.1, -0.05) is 91.0 Å². The van der Waals surface area contributed by atoms with Gasteiger partial charge in [0.05, 0.1) is 0 Å². The second-order valence-corrected chi connectivity index (χ2v) is 9.35. The van der Waals surface area contributed by atoms with Gasteiger partial charge in [-0.25, -0.2) is 0 Å². The molecule has 0 saturated carbocycles. The molecule has 6 rings (SSSR count). The maximum absolute atomic E-state index is 13.2. The van der Waals surface area contributed by atoms with E-state index in [-0.39, 0.29) is 11.7 Å². The van der Waals surface area contributed by atoms with Gasteiger partial charge in [0.25, 0.3) is 0 Å². The summed E-state index contributed by atoms with van der Waals surface area (Å²) in [7, 11) is 0. The second-order valence-electron chi connectivity index (χ2n) is 9.35. The molecule has 0 aromatic heterocycles. The number of hydrogen-bond donors (Lipinski definition) is 1. The highest BCUT2D eigenvalue weighted by molar-refractivity contribution is 6.03.